The van der Waals surface area contributed by atoms with Crippen LogP contribution in [0.15, 0.2) is 18.5 Å². The van der Waals surface area contributed by atoms with E-state index in [4.69, 9.17) is 0 Å². The molecular formula is C24H31F2N6NaO3S. The number of halogens is 2. The zero-order valence-corrected chi connectivity index (χ0v) is 24.1. The van der Waals surface area contributed by atoms with Crippen LogP contribution in [-0.2, 0) is 42.9 Å². The Hall–Kier alpha value is -1.73. The van der Waals surface area contributed by atoms with Crippen molar-refractivity contribution in [3.63, 3.8) is 0 Å². The third-order valence-electron chi connectivity index (χ3n) is 7.38. The maximum absolute atomic E-state index is 13.5. The predicted molar refractivity (Wildman–Crippen MR) is 133 cm³/mol. The van der Waals surface area contributed by atoms with Gasteiger partial charge in [0.2, 0.25) is 0 Å². The molecule has 0 unspecified atom stereocenters. The van der Waals surface area contributed by atoms with Crippen LogP contribution in [0.3, 0.4) is 0 Å². The molecule has 1 aromatic carbocycles. The first-order valence-corrected chi connectivity index (χ1v) is 13.8. The topological polar surface area (TPSA) is 102 Å². The van der Waals surface area contributed by atoms with Crippen LogP contribution in [0.5, 0.6) is 0 Å². The minimum Gasteiger partial charge on any atom is -0.423 e. The molecule has 2 aromatic rings. The van der Waals surface area contributed by atoms with Gasteiger partial charge < -0.3 is 10.0 Å². The summed E-state index contributed by atoms with van der Waals surface area (Å²) in [6.07, 6.45) is 6.84. The molecule has 1 aliphatic heterocycles. The van der Waals surface area contributed by atoms with E-state index in [0.717, 1.165) is 59.6 Å². The third kappa shape index (κ3) is 6.13. The maximum Gasteiger partial charge on any atom is 1.00 e. The largest absolute Gasteiger partial charge is 1.00 e. The molecule has 0 radical (unpaired) electrons. The first kappa shape index (κ1) is 28.3. The van der Waals surface area contributed by atoms with E-state index in [9.17, 15) is 22.0 Å². The standard InChI is InChI=1S/C24H32F2N6O3S.Na/c1-30-14-19(13-27-30)32(18-8-10-31(11-9-18)15-22(25)26)36(34,35)29-24(33)28-23-20-6-2-4-16(20)12-17-5-3-7-21(17)23;/h12-14,18,22H,2-11,15H2,1H3,(H2,28,29,33);/q;+1/p-1. The molecule has 2 aliphatic carbocycles. The summed E-state index contributed by atoms with van der Waals surface area (Å²) >= 11 is 0. The van der Waals surface area contributed by atoms with Crippen molar-refractivity contribution in [1.29, 1.82) is 0 Å². The average Bonchev–Trinajstić information content (AvgIpc) is 3.55. The molecule has 0 atom stereocenters. The molecule has 1 N–H and O–H groups in total. The zero-order valence-electron chi connectivity index (χ0n) is 21.3. The summed E-state index contributed by atoms with van der Waals surface area (Å²) in [4.78, 5) is 14.6. The van der Waals surface area contributed by atoms with E-state index >= 15 is 0 Å². The zero-order chi connectivity index (χ0) is 25.4. The number of hydrogen-bond donors (Lipinski definition) is 1. The fourth-order valence-electron chi connectivity index (χ4n) is 5.83. The molecule has 3 aliphatic rings. The van der Waals surface area contributed by atoms with Crippen molar-refractivity contribution in [2.45, 2.75) is 63.8 Å². The Morgan fingerprint density at radius 3 is 2.32 bits per heavy atom. The molecule has 37 heavy (non-hydrogen) atoms. The second-order valence-corrected chi connectivity index (χ2v) is 11.3. The van der Waals surface area contributed by atoms with Crippen molar-refractivity contribution >= 4 is 27.6 Å². The fraction of sp³-hybridized carbons (Fsp3) is 0.583. The van der Waals surface area contributed by atoms with Crippen LogP contribution in [0.2, 0.25) is 0 Å². The summed E-state index contributed by atoms with van der Waals surface area (Å²) in [5, 5.41) is 6.90. The second kappa shape index (κ2) is 11.6. The number of benzene rings is 1. The Balaban J connectivity index is 0.00000320. The number of alkyl halides is 2. The van der Waals surface area contributed by atoms with Crippen LogP contribution in [0.1, 0.15) is 47.9 Å². The molecule has 2 heterocycles. The van der Waals surface area contributed by atoms with Crippen molar-refractivity contribution in [2.24, 2.45) is 7.05 Å². The van der Waals surface area contributed by atoms with Crippen LogP contribution in [-0.4, -0.2) is 61.2 Å². The quantitative estimate of drug-likeness (QED) is 0.520. The minimum atomic E-state index is -4.42. The van der Waals surface area contributed by atoms with Crippen molar-refractivity contribution < 1.29 is 51.6 Å². The number of carbonyl (C=O) groups is 1. The van der Waals surface area contributed by atoms with Crippen LogP contribution >= 0.6 is 0 Å². The van der Waals surface area contributed by atoms with Gasteiger partial charge in [0.1, 0.15) is 0 Å². The number of rotatable bonds is 7. The van der Waals surface area contributed by atoms with Crippen molar-refractivity contribution in [1.82, 2.24) is 14.7 Å². The summed E-state index contributed by atoms with van der Waals surface area (Å²) in [5.74, 6) is 0. The molecule has 5 rings (SSSR count). The summed E-state index contributed by atoms with van der Waals surface area (Å²) in [5.41, 5.74) is 5.65. The van der Waals surface area contributed by atoms with E-state index in [1.165, 1.54) is 22.0 Å². The number of amides is 2. The van der Waals surface area contributed by atoms with Gasteiger partial charge in [-0.05, 0) is 79.3 Å². The molecule has 1 saturated heterocycles. The van der Waals surface area contributed by atoms with Gasteiger partial charge in [-0.2, -0.15) is 5.10 Å². The van der Waals surface area contributed by atoms with E-state index in [0.29, 0.717) is 31.6 Å². The van der Waals surface area contributed by atoms with Gasteiger partial charge >= 0.3 is 29.6 Å². The van der Waals surface area contributed by atoms with Crippen LogP contribution < -0.4 is 39.2 Å². The number of hydrogen-bond acceptors (Lipinski definition) is 5. The monoisotopic (exact) mass is 544 g/mol. The van der Waals surface area contributed by atoms with Crippen molar-refractivity contribution in [2.75, 3.05) is 29.3 Å². The first-order valence-electron chi connectivity index (χ1n) is 12.5. The second-order valence-electron chi connectivity index (χ2n) is 9.82. The molecule has 0 spiro atoms. The Morgan fingerprint density at radius 2 is 1.78 bits per heavy atom. The van der Waals surface area contributed by atoms with Gasteiger partial charge in [-0.1, -0.05) is 6.07 Å². The average molecular weight is 545 g/mol. The van der Waals surface area contributed by atoms with Gasteiger partial charge in [-0.25, -0.2) is 17.2 Å². The van der Waals surface area contributed by atoms with E-state index in [1.807, 2.05) is 0 Å². The molecule has 196 valence electrons. The molecule has 1 aromatic heterocycles. The number of aromatic nitrogens is 2. The van der Waals surface area contributed by atoms with Gasteiger partial charge in [-0.15, -0.1) is 0 Å². The number of anilines is 2. The Kier molecular flexibility index (Phi) is 8.84. The minimum absolute atomic E-state index is 0. The van der Waals surface area contributed by atoms with Crippen LogP contribution in [0.4, 0.5) is 25.0 Å². The van der Waals surface area contributed by atoms with Gasteiger partial charge in [0, 0.05) is 32.4 Å². The maximum atomic E-state index is 13.5. The SMILES string of the molecule is Cn1cc(N(C2CCN(CC(F)F)CC2)S(=O)(=O)[N-]C(=O)Nc2c3c(cc4c2CCC4)CCC3)cn1.[Na+]. The Bertz CT molecular complexity index is 1220. The number of likely N-dealkylation sites (tertiary alicyclic amines) is 1. The van der Waals surface area contributed by atoms with E-state index in [-0.39, 0.29) is 36.1 Å². The number of nitrogens with zero attached hydrogens (tertiary/aromatic N) is 5. The molecule has 13 heteroatoms. The molecular weight excluding hydrogens is 513 g/mol. The van der Waals surface area contributed by atoms with E-state index in [1.54, 1.807) is 18.1 Å². The number of piperidine rings is 1. The number of carbonyl (C=O) groups excluding carboxylic acids is 1. The third-order valence-corrected chi connectivity index (χ3v) is 8.79. The first-order chi connectivity index (χ1) is 17.2. The molecule has 1 fully saturated rings. The fourth-order valence-corrected chi connectivity index (χ4v) is 7.12. The smallest absolute Gasteiger partial charge is 0.423 e. The van der Waals surface area contributed by atoms with Crippen LogP contribution in [0, 0.1) is 0 Å². The van der Waals surface area contributed by atoms with Crippen molar-refractivity contribution in [3.05, 3.63) is 45.4 Å². The Morgan fingerprint density at radius 1 is 1.16 bits per heavy atom. The number of urea groups is 1. The van der Waals surface area contributed by atoms with Gasteiger partial charge in [0.25, 0.3) is 16.6 Å². The summed E-state index contributed by atoms with van der Waals surface area (Å²) in [7, 11) is -2.76. The summed E-state index contributed by atoms with van der Waals surface area (Å²) < 4.78 is 58.9. The summed E-state index contributed by atoms with van der Waals surface area (Å²) in [6.45, 7) is 0.316. The number of fused-ring (bicyclic) bond motifs is 2. The molecule has 2 amide bonds. The van der Waals surface area contributed by atoms with Gasteiger partial charge in [0.05, 0.1) is 18.4 Å². The van der Waals surface area contributed by atoms with Crippen LogP contribution in [0.25, 0.3) is 4.72 Å². The van der Waals surface area contributed by atoms with Gasteiger partial charge in [0.15, 0.2) is 6.03 Å². The number of aryl methyl sites for hydroxylation is 3. The predicted octanol–water partition coefficient (Wildman–Crippen LogP) is 0.788. The summed E-state index contributed by atoms with van der Waals surface area (Å²) in [6, 6.07) is 0.793. The number of nitrogens with one attached hydrogen (secondary N) is 1. The normalized spacial score (nSPS) is 17.8. The molecule has 0 saturated carbocycles. The van der Waals surface area contributed by atoms with Gasteiger partial charge in [-0.3, -0.25) is 18.7 Å². The van der Waals surface area contributed by atoms with E-state index < -0.39 is 28.7 Å². The Labute approximate surface area is 238 Å². The molecule has 9 nitrogen and oxygen atoms in total. The van der Waals surface area contributed by atoms with Crippen molar-refractivity contribution in [3.8, 4) is 0 Å². The van der Waals surface area contributed by atoms with E-state index in [2.05, 4.69) is 21.2 Å². The molecule has 0 bridgehead atoms.